The third-order valence-corrected chi connectivity index (χ3v) is 6.36. The van der Waals surface area contributed by atoms with E-state index in [4.69, 9.17) is 9.47 Å². The quantitative estimate of drug-likeness (QED) is 0.407. The van der Waals surface area contributed by atoms with Crippen LogP contribution in [-0.2, 0) is 11.2 Å². The summed E-state index contributed by atoms with van der Waals surface area (Å²) in [4.78, 5) is 26.3. The number of methoxy groups -OCH3 is 2. The van der Waals surface area contributed by atoms with Crippen LogP contribution in [0.2, 0.25) is 0 Å². The molecule has 0 saturated heterocycles. The van der Waals surface area contributed by atoms with Gasteiger partial charge in [0.25, 0.3) is 5.56 Å². The smallest absolute Gasteiger partial charge is 0.295 e. The predicted molar refractivity (Wildman–Crippen MR) is 138 cm³/mol. The van der Waals surface area contributed by atoms with Crippen molar-refractivity contribution in [1.82, 2.24) is 24.9 Å². The molecular formula is C27H31N5O4. The summed E-state index contributed by atoms with van der Waals surface area (Å²) >= 11 is 0. The largest absolute Gasteiger partial charge is 0.497 e. The minimum atomic E-state index is -0.803. The predicted octanol–water partition coefficient (Wildman–Crippen LogP) is 3.44. The lowest BCUT2D eigenvalue weighted by Gasteiger charge is -2.15. The van der Waals surface area contributed by atoms with Crippen LogP contribution in [0.4, 0.5) is 0 Å². The lowest BCUT2D eigenvalue weighted by Crippen LogP contribution is -2.38. The summed E-state index contributed by atoms with van der Waals surface area (Å²) < 4.78 is 13.6. The number of nitrogens with zero attached hydrogens (tertiary/aromatic N) is 4. The van der Waals surface area contributed by atoms with Gasteiger partial charge in [-0.25, -0.2) is 9.36 Å². The summed E-state index contributed by atoms with van der Waals surface area (Å²) in [6.45, 7) is 7.79. The average Bonchev–Trinajstić information content (AvgIpc) is 3.24. The van der Waals surface area contributed by atoms with Crippen LogP contribution in [0.1, 0.15) is 35.5 Å². The van der Waals surface area contributed by atoms with E-state index >= 15 is 0 Å². The van der Waals surface area contributed by atoms with Crippen LogP contribution >= 0.6 is 0 Å². The molecule has 0 bridgehead atoms. The van der Waals surface area contributed by atoms with Crippen LogP contribution in [0, 0.1) is 20.8 Å². The second kappa shape index (κ2) is 10.2. The third kappa shape index (κ3) is 4.68. The molecule has 1 atom stereocenters. The summed E-state index contributed by atoms with van der Waals surface area (Å²) in [6, 6.07) is 12.7. The fourth-order valence-electron chi connectivity index (χ4n) is 4.29. The number of carbonyl (C=O) groups is 1. The molecule has 1 amide bonds. The van der Waals surface area contributed by atoms with Crippen molar-refractivity contribution in [1.29, 1.82) is 0 Å². The molecule has 2 aromatic carbocycles. The van der Waals surface area contributed by atoms with Crippen molar-refractivity contribution in [3.63, 3.8) is 0 Å². The van der Waals surface area contributed by atoms with E-state index < -0.39 is 11.6 Å². The van der Waals surface area contributed by atoms with E-state index in [2.05, 4.69) is 15.5 Å². The maximum Gasteiger partial charge on any atom is 0.295 e. The normalized spacial score (nSPS) is 11.9. The van der Waals surface area contributed by atoms with Crippen molar-refractivity contribution in [2.75, 3.05) is 20.8 Å². The van der Waals surface area contributed by atoms with Gasteiger partial charge >= 0.3 is 0 Å². The zero-order chi connectivity index (χ0) is 26.0. The van der Waals surface area contributed by atoms with Gasteiger partial charge in [-0.2, -0.15) is 10.2 Å². The fraction of sp³-hybridized carbons (Fsp3) is 0.333. The van der Waals surface area contributed by atoms with Crippen molar-refractivity contribution in [3.05, 3.63) is 75.3 Å². The van der Waals surface area contributed by atoms with E-state index in [0.29, 0.717) is 41.1 Å². The number of carbonyl (C=O) groups excluding carboxylic acids is 1. The van der Waals surface area contributed by atoms with Crippen molar-refractivity contribution < 1.29 is 14.3 Å². The second-order valence-corrected chi connectivity index (χ2v) is 8.79. The van der Waals surface area contributed by atoms with Gasteiger partial charge in [-0.3, -0.25) is 9.59 Å². The molecule has 4 rings (SSSR count). The van der Waals surface area contributed by atoms with Gasteiger partial charge in [-0.1, -0.05) is 23.8 Å². The number of fused-ring (bicyclic) bond motifs is 1. The zero-order valence-electron chi connectivity index (χ0n) is 21.5. The Morgan fingerprint density at radius 1 is 1.03 bits per heavy atom. The Morgan fingerprint density at radius 2 is 1.75 bits per heavy atom. The van der Waals surface area contributed by atoms with Crippen LogP contribution in [0.25, 0.3) is 16.6 Å². The Hall–Kier alpha value is -4.14. The Kier molecular flexibility index (Phi) is 7.10. The standard InChI is InChI=1S/C27H31N5O4/c1-16-7-10-21(11-8-16)31-18(3)24-17(2)29-32(27(34)25(24)30-31)19(4)26(33)28-14-13-20-9-12-22(35-5)15-23(20)36-6/h7-12,15,19H,13-14H2,1-6H3,(H,28,33)/t19-/m0/s1. The number of hydrogen-bond donors (Lipinski definition) is 1. The van der Waals surface area contributed by atoms with E-state index in [1.54, 1.807) is 31.9 Å². The van der Waals surface area contributed by atoms with Gasteiger partial charge in [-0.05, 0) is 57.9 Å². The highest BCUT2D eigenvalue weighted by atomic mass is 16.5. The first-order valence-corrected chi connectivity index (χ1v) is 11.8. The van der Waals surface area contributed by atoms with Crippen LogP contribution in [0.3, 0.4) is 0 Å². The molecule has 0 aliphatic rings. The Balaban J connectivity index is 1.55. The molecule has 0 saturated carbocycles. The molecule has 188 valence electrons. The topological polar surface area (TPSA) is 100 Å². The summed E-state index contributed by atoms with van der Waals surface area (Å²) in [7, 11) is 3.19. The molecule has 0 fully saturated rings. The fourth-order valence-corrected chi connectivity index (χ4v) is 4.29. The molecule has 0 radical (unpaired) electrons. The number of nitrogens with one attached hydrogen (secondary N) is 1. The maximum atomic E-state index is 13.3. The molecule has 0 aliphatic carbocycles. The van der Waals surface area contributed by atoms with Crippen molar-refractivity contribution >= 4 is 16.8 Å². The molecule has 36 heavy (non-hydrogen) atoms. The molecule has 2 heterocycles. The van der Waals surface area contributed by atoms with Crippen molar-refractivity contribution in [3.8, 4) is 17.2 Å². The highest BCUT2D eigenvalue weighted by Crippen LogP contribution is 2.25. The van der Waals surface area contributed by atoms with E-state index in [1.165, 1.54) is 4.68 Å². The first-order chi connectivity index (χ1) is 17.2. The van der Waals surface area contributed by atoms with Crippen LogP contribution in [0.15, 0.2) is 47.3 Å². The first-order valence-electron chi connectivity index (χ1n) is 11.8. The molecule has 0 spiro atoms. The monoisotopic (exact) mass is 489 g/mol. The maximum absolute atomic E-state index is 13.3. The Morgan fingerprint density at radius 3 is 2.42 bits per heavy atom. The van der Waals surface area contributed by atoms with Gasteiger partial charge in [0.15, 0.2) is 5.52 Å². The van der Waals surface area contributed by atoms with Gasteiger partial charge in [0.05, 0.1) is 36.7 Å². The molecule has 4 aromatic rings. The average molecular weight is 490 g/mol. The zero-order valence-corrected chi connectivity index (χ0v) is 21.5. The van der Waals surface area contributed by atoms with E-state index in [0.717, 1.165) is 22.5 Å². The van der Waals surface area contributed by atoms with Crippen LogP contribution < -0.4 is 20.3 Å². The highest BCUT2D eigenvalue weighted by Gasteiger charge is 2.23. The molecule has 9 heteroatoms. The lowest BCUT2D eigenvalue weighted by molar-refractivity contribution is -0.124. The second-order valence-electron chi connectivity index (χ2n) is 8.79. The number of rotatable bonds is 8. The Labute approximate surface area is 209 Å². The van der Waals surface area contributed by atoms with Gasteiger partial charge < -0.3 is 14.8 Å². The van der Waals surface area contributed by atoms with Crippen LogP contribution in [0.5, 0.6) is 11.5 Å². The first kappa shape index (κ1) is 25.0. The van der Waals surface area contributed by atoms with E-state index in [-0.39, 0.29) is 5.91 Å². The summed E-state index contributed by atoms with van der Waals surface area (Å²) in [5.41, 5.74) is 4.30. The summed E-state index contributed by atoms with van der Waals surface area (Å²) in [5.74, 6) is 1.09. The Bertz CT molecular complexity index is 1470. The van der Waals surface area contributed by atoms with Crippen LogP contribution in [-0.4, -0.2) is 46.2 Å². The van der Waals surface area contributed by atoms with Gasteiger partial charge in [0.1, 0.15) is 17.5 Å². The molecule has 1 N–H and O–H groups in total. The number of ether oxygens (including phenoxy) is 2. The van der Waals surface area contributed by atoms with Crippen molar-refractivity contribution in [2.45, 2.75) is 40.2 Å². The number of amides is 1. The number of benzene rings is 2. The minimum absolute atomic E-state index is 0.295. The summed E-state index contributed by atoms with van der Waals surface area (Å²) in [5, 5.41) is 12.7. The minimum Gasteiger partial charge on any atom is -0.497 e. The SMILES string of the molecule is COc1ccc(CCNC(=O)[C@H](C)n2nc(C)c3c(C)n(-c4ccc(C)cc4)nc3c2=O)c(OC)c1. The highest BCUT2D eigenvalue weighted by molar-refractivity contribution is 5.84. The van der Waals surface area contributed by atoms with Gasteiger partial charge in [0, 0.05) is 12.6 Å². The number of hydrogen-bond acceptors (Lipinski definition) is 6. The third-order valence-electron chi connectivity index (χ3n) is 6.36. The lowest BCUT2D eigenvalue weighted by atomic mass is 10.1. The molecule has 0 aliphatic heterocycles. The van der Waals surface area contributed by atoms with E-state index in [1.807, 2.05) is 57.2 Å². The molecular weight excluding hydrogens is 458 g/mol. The molecule has 2 aromatic heterocycles. The molecule has 9 nitrogen and oxygen atoms in total. The van der Waals surface area contributed by atoms with Gasteiger partial charge in [-0.15, -0.1) is 0 Å². The molecule has 0 unspecified atom stereocenters. The van der Waals surface area contributed by atoms with Crippen molar-refractivity contribution in [2.24, 2.45) is 0 Å². The number of aromatic nitrogens is 4. The van der Waals surface area contributed by atoms with Gasteiger partial charge in [0.2, 0.25) is 5.91 Å². The summed E-state index contributed by atoms with van der Waals surface area (Å²) in [6.07, 6.45) is 0.562. The van der Waals surface area contributed by atoms with E-state index in [9.17, 15) is 9.59 Å². The number of aryl methyl sites for hydroxylation is 3.